The zero-order valence-corrected chi connectivity index (χ0v) is 37.0. The molecule has 0 spiro atoms. The van der Waals surface area contributed by atoms with Crippen molar-refractivity contribution in [1.29, 1.82) is 0 Å². The van der Waals surface area contributed by atoms with E-state index in [1.807, 2.05) is 0 Å². The van der Waals surface area contributed by atoms with Gasteiger partial charge in [0.1, 0.15) is 11.6 Å². The molecule has 0 aliphatic rings. The van der Waals surface area contributed by atoms with E-state index < -0.39 is 11.8 Å². The van der Waals surface area contributed by atoms with Gasteiger partial charge in [-0.15, -0.1) is 0 Å². The highest BCUT2D eigenvalue weighted by atomic mass is 16.6. The minimum Gasteiger partial charge on any atom is -0.515 e. The van der Waals surface area contributed by atoms with Gasteiger partial charge in [-0.1, -0.05) is 19.8 Å². The van der Waals surface area contributed by atoms with E-state index in [0.717, 1.165) is 25.7 Å². The van der Waals surface area contributed by atoms with Crippen molar-refractivity contribution < 1.29 is 76.5 Å². The zero-order valence-electron chi connectivity index (χ0n) is 37.0. The first-order valence-corrected chi connectivity index (χ1v) is 21.8. The Balaban J connectivity index is 3.30. The summed E-state index contributed by atoms with van der Waals surface area (Å²) in [5.74, 6) is -1.89. The summed E-state index contributed by atoms with van der Waals surface area (Å²) >= 11 is 0. The lowest BCUT2D eigenvalue weighted by molar-refractivity contribution is -0.124. The molecular weight excluding hydrogens is 816 g/mol. The van der Waals surface area contributed by atoms with E-state index in [1.165, 1.54) is 0 Å². The molecule has 0 saturated heterocycles. The lowest BCUT2D eigenvalue weighted by Gasteiger charge is -2.11. The molecule has 0 aliphatic carbocycles. The topological polar surface area (TPSA) is 282 Å². The number of carbonyl (C=O) groups excluding carboxylic acids is 6. The van der Waals surface area contributed by atoms with E-state index in [2.05, 4.69) is 10.6 Å². The van der Waals surface area contributed by atoms with Crippen molar-refractivity contribution in [2.45, 2.75) is 84.0 Å². The van der Waals surface area contributed by atoms with Crippen LogP contribution in [-0.2, 0) is 71.4 Å². The predicted molar refractivity (Wildman–Crippen MR) is 227 cm³/mol. The minimum atomic E-state index is -0.815. The van der Waals surface area contributed by atoms with E-state index in [-0.39, 0.29) is 73.6 Å². The molecule has 62 heavy (non-hydrogen) atoms. The van der Waals surface area contributed by atoms with Gasteiger partial charge in [-0.3, -0.25) is 28.8 Å². The summed E-state index contributed by atoms with van der Waals surface area (Å²) < 4.78 is 49.1. The van der Waals surface area contributed by atoms with Crippen LogP contribution < -0.4 is 22.1 Å². The second-order valence-corrected chi connectivity index (χ2v) is 14.1. The second kappa shape index (κ2) is 44.0. The molecule has 360 valence electrons. The number of aliphatic hydroxyl groups excluding tert-OH is 1. The third kappa shape index (κ3) is 41.7. The maximum Gasteiger partial charge on any atom is 0.248 e. The number of Topliss-reactive ketones (excluding diaryl/α,β-unsaturated/α-hetero) is 2. The fourth-order valence-corrected chi connectivity index (χ4v) is 5.13. The van der Waals surface area contributed by atoms with Crippen molar-refractivity contribution in [1.82, 2.24) is 10.6 Å². The van der Waals surface area contributed by atoms with E-state index in [4.69, 9.17) is 59.2 Å². The van der Waals surface area contributed by atoms with Crippen LogP contribution in [0.5, 0.6) is 0 Å². The van der Waals surface area contributed by atoms with E-state index in [1.54, 1.807) is 6.92 Å². The molecule has 20 heteroatoms. The van der Waals surface area contributed by atoms with Gasteiger partial charge in [0.25, 0.3) is 0 Å². The summed E-state index contributed by atoms with van der Waals surface area (Å²) in [4.78, 5) is 69.4. The Morgan fingerprint density at radius 3 is 1.21 bits per heavy atom. The van der Waals surface area contributed by atoms with Crippen LogP contribution in [0.2, 0.25) is 0 Å². The van der Waals surface area contributed by atoms with Crippen LogP contribution in [0.1, 0.15) is 84.0 Å². The SMILES string of the molecule is CC(CCCCNC(=O)CCOCCOCCOCCOCCOCCOCCOCCOCCOCCC(=O)NCCCCCC(=O)CCC(N)=O)C(=O)C/C(=C/O)C(N)=O. The molecule has 0 aromatic carbocycles. The average Bonchev–Trinajstić information content (AvgIpc) is 3.24. The first-order chi connectivity index (χ1) is 30.1. The summed E-state index contributed by atoms with van der Waals surface area (Å²) in [7, 11) is 0. The fourth-order valence-electron chi connectivity index (χ4n) is 5.13. The normalized spacial score (nSPS) is 12.0. The molecule has 1 unspecified atom stereocenters. The molecule has 0 bridgehead atoms. The Bertz CT molecular complexity index is 1210. The summed E-state index contributed by atoms with van der Waals surface area (Å²) in [6.45, 7) is 10.2. The Hall–Kier alpha value is -3.60. The van der Waals surface area contributed by atoms with Crippen LogP contribution >= 0.6 is 0 Å². The summed E-state index contributed by atoms with van der Waals surface area (Å²) in [5, 5.41) is 14.6. The number of ketones is 2. The number of hydrogen-bond donors (Lipinski definition) is 5. The van der Waals surface area contributed by atoms with Crippen LogP contribution in [-0.4, -0.2) is 172 Å². The number of nitrogens with one attached hydrogen (secondary N) is 2. The molecule has 4 amide bonds. The maximum absolute atomic E-state index is 12.1. The highest BCUT2D eigenvalue weighted by Gasteiger charge is 2.17. The van der Waals surface area contributed by atoms with E-state index >= 15 is 0 Å². The first kappa shape index (κ1) is 58.4. The number of amides is 4. The lowest BCUT2D eigenvalue weighted by Crippen LogP contribution is -2.26. The van der Waals surface area contributed by atoms with Crippen molar-refractivity contribution in [2.75, 3.05) is 132 Å². The van der Waals surface area contributed by atoms with E-state index in [9.17, 15) is 28.8 Å². The van der Waals surface area contributed by atoms with Crippen LogP contribution in [0.15, 0.2) is 11.8 Å². The Morgan fingerprint density at radius 1 is 0.484 bits per heavy atom. The number of unbranched alkanes of at least 4 members (excludes halogenated alkanes) is 3. The van der Waals surface area contributed by atoms with Crippen LogP contribution in [0, 0.1) is 5.92 Å². The minimum absolute atomic E-state index is 0.0384. The van der Waals surface area contributed by atoms with Crippen LogP contribution in [0.3, 0.4) is 0 Å². The largest absolute Gasteiger partial charge is 0.515 e. The van der Waals surface area contributed by atoms with Gasteiger partial charge < -0.3 is 69.8 Å². The van der Waals surface area contributed by atoms with Crippen molar-refractivity contribution in [3.63, 3.8) is 0 Å². The number of hydrogen-bond acceptors (Lipinski definition) is 16. The molecule has 0 saturated carbocycles. The van der Waals surface area contributed by atoms with Gasteiger partial charge in [0.15, 0.2) is 0 Å². The number of ether oxygens (including phenoxy) is 9. The third-order valence-corrected chi connectivity index (χ3v) is 8.80. The molecular formula is C42H76N4O16. The fraction of sp³-hybridized carbons (Fsp3) is 0.810. The molecule has 7 N–H and O–H groups in total. The van der Waals surface area contributed by atoms with Crippen molar-refractivity contribution in [3.8, 4) is 0 Å². The van der Waals surface area contributed by atoms with E-state index in [0.29, 0.717) is 151 Å². The number of carbonyl (C=O) groups is 6. The molecule has 0 radical (unpaired) electrons. The molecule has 0 rings (SSSR count). The van der Waals surface area contributed by atoms with Crippen LogP contribution in [0.25, 0.3) is 0 Å². The molecule has 1 atom stereocenters. The highest BCUT2D eigenvalue weighted by molar-refractivity contribution is 5.98. The molecule has 0 aromatic rings. The maximum atomic E-state index is 12.1. The third-order valence-electron chi connectivity index (χ3n) is 8.80. The molecule has 0 aromatic heterocycles. The van der Waals surface area contributed by atoms with Crippen molar-refractivity contribution in [2.24, 2.45) is 17.4 Å². The monoisotopic (exact) mass is 893 g/mol. The van der Waals surface area contributed by atoms with Gasteiger partial charge >= 0.3 is 0 Å². The Labute approximate surface area is 367 Å². The standard InChI is InChI=1S/C42H76N4O16/c1-35(38(49)33-36(34-47)42(44)53)7-4-6-14-46-41(52)12-16-55-18-20-57-22-24-59-26-28-61-30-32-62-31-29-60-27-25-58-23-21-56-19-17-54-15-11-40(51)45-13-5-2-3-8-37(48)9-10-39(43)50/h34-35,47H,2-33H2,1H3,(H2,43,50)(H2,44,53)(H,45,51)(H,46,52)/b36-34-. The van der Waals surface area contributed by atoms with Gasteiger partial charge in [0.05, 0.1) is 131 Å². The Morgan fingerprint density at radius 2 is 0.855 bits per heavy atom. The summed E-state index contributed by atoms with van der Waals surface area (Å²) in [6, 6.07) is 0. The number of nitrogens with two attached hydrogens (primary N) is 2. The van der Waals surface area contributed by atoms with Gasteiger partial charge in [0, 0.05) is 57.5 Å². The lowest BCUT2D eigenvalue weighted by atomic mass is 9.95. The molecule has 0 heterocycles. The summed E-state index contributed by atoms with van der Waals surface area (Å²) in [6.07, 6.45) is 6.00. The zero-order chi connectivity index (χ0) is 45.7. The Kier molecular flexibility index (Phi) is 41.5. The predicted octanol–water partition coefficient (Wildman–Crippen LogP) is 1.24. The number of aliphatic hydroxyl groups is 1. The van der Waals surface area contributed by atoms with Gasteiger partial charge in [-0.25, -0.2) is 0 Å². The van der Waals surface area contributed by atoms with Crippen molar-refractivity contribution in [3.05, 3.63) is 11.8 Å². The number of rotatable bonds is 48. The van der Waals surface area contributed by atoms with Crippen molar-refractivity contribution >= 4 is 35.2 Å². The number of primary amides is 2. The first-order valence-electron chi connectivity index (χ1n) is 21.8. The van der Waals surface area contributed by atoms with Gasteiger partial charge in [-0.2, -0.15) is 0 Å². The molecule has 0 fully saturated rings. The smallest absolute Gasteiger partial charge is 0.248 e. The molecule has 0 aliphatic heterocycles. The summed E-state index contributed by atoms with van der Waals surface area (Å²) in [5.41, 5.74) is 10.0. The molecule has 20 nitrogen and oxygen atoms in total. The second-order valence-electron chi connectivity index (χ2n) is 14.1. The average molecular weight is 893 g/mol. The van der Waals surface area contributed by atoms with Crippen LogP contribution in [0.4, 0.5) is 0 Å². The van der Waals surface area contributed by atoms with Gasteiger partial charge in [0.2, 0.25) is 23.6 Å². The quantitative estimate of drug-likeness (QED) is 0.0326. The highest BCUT2D eigenvalue weighted by Crippen LogP contribution is 2.14. The van der Waals surface area contributed by atoms with Gasteiger partial charge in [-0.05, 0) is 25.7 Å².